The molecule has 2 aliphatic heterocycles. The van der Waals surface area contributed by atoms with Crippen molar-refractivity contribution in [1.29, 1.82) is 0 Å². The summed E-state index contributed by atoms with van der Waals surface area (Å²) in [5.41, 5.74) is 4.77. The highest BCUT2D eigenvalue weighted by molar-refractivity contribution is 8.13. The van der Waals surface area contributed by atoms with Crippen molar-refractivity contribution in [3.8, 4) is 0 Å². The lowest BCUT2D eigenvalue weighted by atomic mass is 9.87. The Hall–Kier alpha value is -3.26. The van der Waals surface area contributed by atoms with E-state index in [2.05, 4.69) is 46.6 Å². The number of hydrogen-bond donors (Lipinski definition) is 9. The molecule has 2 amide bonds. The van der Waals surface area contributed by atoms with Crippen LogP contribution in [0.3, 0.4) is 0 Å². The van der Waals surface area contributed by atoms with Crippen molar-refractivity contribution < 1.29 is 85.2 Å². The molecule has 0 saturated carbocycles. The van der Waals surface area contributed by atoms with Crippen LogP contribution >= 0.6 is 35.2 Å². The number of rotatable bonds is 26. The number of nitrogens with two attached hydrogens (primary N) is 1. The second-order valence-electron chi connectivity index (χ2n) is 15.5. The standard InChI is InChI=1S/C35H52N7O18P3S/c1-34(2,28(45)31(46)38-14-12-24(43)37-15-16-64-33(47)35(19-55-35)13-8-4-7-11-22-9-5-3-6-10-22)18-57-63(53,54)60-62(51,52)56-17-23-27(59-61(48,49)50)26(44)32(58-23)42-21-41-25-29(36)39-20-40-30(25)42/h3,5-6,9-10,20-21,23,26-28,32,44-45H,4,7-8,11-19H2,1-2H3,(H,37,43)(H,38,46)(H,51,52)(H,53,54)(H2,36,39,40)(H2,48,49,50)/t23-,26-,27-,28-,32-,35?/m1/s1. The lowest BCUT2D eigenvalue weighted by Crippen LogP contribution is -2.46. The van der Waals surface area contributed by atoms with Gasteiger partial charge in [-0.2, -0.15) is 4.31 Å². The first-order valence-corrected chi connectivity index (χ1v) is 25.3. The number of carbonyl (C=O) groups excluding carboxylic acids is 3. The van der Waals surface area contributed by atoms with E-state index in [1.807, 2.05) is 18.2 Å². The van der Waals surface area contributed by atoms with Gasteiger partial charge in [-0.15, -0.1) is 0 Å². The molecule has 0 spiro atoms. The summed E-state index contributed by atoms with van der Waals surface area (Å²) in [6.07, 6.45) is -2.50. The van der Waals surface area contributed by atoms with Crippen molar-refractivity contribution in [2.45, 2.75) is 88.6 Å². The van der Waals surface area contributed by atoms with E-state index in [9.17, 15) is 57.9 Å². The maximum atomic E-state index is 12.7. The number of imidazole rings is 1. The molecule has 64 heavy (non-hydrogen) atoms. The van der Waals surface area contributed by atoms with Crippen molar-refractivity contribution in [3.63, 3.8) is 0 Å². The van der Waals surface area contributed by atoms with Gasteiger partial charge in [-0.3, -0.25) is 32.5 Å². The monoisotopic (exact) mass is 983 g/mol. The summed E-state index contributed by atoms with van der Waals surface area (Å²) < 4.78 is 67.9. The number of nitrogens with zero attached hydrogens (tertiary/aromatic N) is 4. The molecule has 0 aliphatic carbocycles. The fourth-order valence-electron chi connectivity index (χ4n) is 6.42. The Morgan fingerprint density at radius 1 is 1.02 bits per heavy atom. The van der Waals surface area contributed by atoms with E-state index in [0.29, 0.717) is 18.8 Å². The number of aliphatic hydroxyl groups is 2. The predicted octanol–water partition coefficient (Wildman–Crippen LogP) is 1.24. The topological polar surface area (TPSA) is 376 Å². The van der Waals surface area contributed by atoms with Crippen LogP contribution in [-0.2, 0) is 61.9 Å². The number of thioether (sulfide) groups is 1. The molecule has 356 valence electrons. The van der Waals surface area contributed by atoms with Gasteiger partial charge in [-0.05, 0) is 31.2 Å². The number of nitrogen functional groups attached to an aromatic ring is 1. The molecule has 2 fully saturated rings. The van der Waals surface area contributed by atoms with Gasteiger partial charge in [0.2, 0.25) is 16.9 Å². The van der Waals surface area contributed by atoms with Crippen LogP contribution in [-0.4, -0.2) is 135 Å². The molecule has 10 N–H and O–H groups in total. The molecule has 2 aromatic heterocycles. The summed E-state index contributed by atoms with van der Waals surface area (Å²) in [5, 5.41) is 26.5. The molecular formula is C35H52N7O18P3S. The maximum Gasteiger partial charge on any atom is 0.481 e. The summed E-state index contributed by atoms with van der Waals surface area (Å²) in [5.74, 6) is -1.15. The van der Waals surface area contributed by atoms with E-state index in [1.54, 1.807) is 0 Å². The normalized spacial score (nSPS) is 23.6. The van der Waals surface area contributed by atoms with Gasteiger partial charge in [0, 0.05) is 30.7 Å². The quantitative estimate of drug-likeness (QED) is 0.0310. The molecule has 3 aromatic rings. The number of hydrogen-bond acceptors (Lipinski definition) is 19. The number of aryl methyl sites for hydroxylation is 1. The Bertz CT molecular complexity index is 2230. The summed E-state index contributed by atoms with van der Waals surface area (Å²) in [7, 11) is -16.4. The first-order valence-electron chi connectivity index (χ1n) is 19.8. The van der Waals surface area contributed by atoms with Crippen molar-refractivity contribution in [3.05, 3.63) is 48.5 Å². The molecule has 2 saturated heterocycles. The number of unbranched alkanes of at least 4 members (excludes halogenated alkanes) is 2. The molecule has 3 unspecified atom stereocenters. The van der Waals surface area contributed by atoms with Crippen molar-refractivity contribution in [2.75, 3.05) is 44.4 Å². The number of nitrogens with one attached hydrogen (secondary N) is 2. The fourth-order valence-corrected chi connectivity index (χ4v) is 10.1. The third-order valence-electron chi connectivity index (χ3n) is 9.99. The Balaban J connectivity index is 0.991. The zero-order valence-electron chi connectivity index (χ0n) is 34.6. The minimum Gasteiger partial charge on any atom is -0.386 e. The van der Waals surface area contributed by atoms with Crippen LogP contribution in [0.4, 0.5) is 5.82 Å². The average Bonchev–Trinajstić information content (AvgIpc) is 3.80. The third kappa shape index (κ3) is 14.9. The van der Waals surface area contributed by atoms with Crippen LogP contribution in [0.2, 0.25) is 0 Å². The highest BCUT2D eigenvalue weighted by atomic mass is 32.2. The first kappa shape index (κ1) is 51.7. The van der Waals surface area contributed by atoms with Gasteiger partial charge >= 0.3 is 23.5 Å². The van der Waals surface area contributed by atoms with Crippen molar-refractivity contribution in [2.24, 2.45) is 5.41 Å². The van der Waals surface area contributed by atoms with Crippen LogP contribution in [0.25, 0.3) is 11.2 Å². The number of phosphoric ester groups is 3. The van der Waals surface area contributed by atoms with Crippen LogP contribution < -0.4 is 16.4 Å². The van der Waals surface area contributed by atoms with Crippen LogP contribution in [0.1, 0.15) is 57.7 Å². The van der Waals surface area contributed by atoms with Crippen LogP contribution in [0.5, 0.6) is 0 Å². The van der Waals surface area contributed by atoms with Gasteiger partial charge in [0.1, 0.15) is 36.3 Å². The number of anilines is 1. The molecule has 0 radical (unpaired) electrons. The lowest BCUT2D eigenvalue weighted by Gasteiger charge is -2.30. The largest absolute Gasteiger partial charge is 0.481 e. The summed E-state index contributed by atoms with van der Waals surface area (Å²) in [6, 6.07) is 10.2. The van der Waals surface area contributed by atoms with Crippen molar-refractivity contribution in [1.82, 2.24) is 30.2 Å². The second-order valence-corrected chi connectivity index (χ2v) is 20.8. The first-order chi connectivity index (χ1) is 30.0. The number of amides is 2. The maximum absolute atomic E-state index is 12.7. The third-order valence-corrected chi connectivity index (χ3v) is 14.1. The average molecular weight is 984 g/mol. The van der Waals surface area contributed by atoms with E-state index < -0.39 is 90.2 Å². The van der Waals surface area contributed by atoms with E-state index in [0.717, 1.165) is 54.7 Å². The van der Waals surface area contributed by atoms with Crippen LogP contribution in [0, 0.1) is 5.41 Å². The molecule has 1 aromatic carbocycles. The zero-order valence-corrected chi connectivity index (χ0v) is 38.1. The number of fused-ring (bicyclic) bond motifs is 1. The molecule has 5 rings (SSSR count). The Labute approximate surface area is 370 Å². The minimum absolute atomic E-state index is 0.0292. The number of benzene rings is 1. The summed E-state index contributed by atoms with van der Waals surface area (Å²) in [6.45, 7) is 0.833. The molecular weight excluding hydrogens is 931 g/mol. The number of epoxide rings is 1. The Kier molecular flexibility index (Phi) is 17.8. The van der Waals surface area contributed by atoms with Gasteiger partial charge in [-0.1, -0.05) is 62.4 Å². The van der Waals surface area contributed by atoms with Crippen molar-refractivity contribution >= 4 is 69.1 Å². The van der Waals surface area contributed by atoms with Gasteiger partial charge in [0.15, 0.2) is 23.3 Å². The van der Waals surface area contributed by atoms with E-state index >= 15 is 0 Å². The number of aromatic nitrogens is 4. The highest BCUT2D eigenvalue weighted by Gasteiger charge is 2.52. The lowest BCUT2D eigenvalue weighted by molar-refractivity contribution is -0.137. The number of ether oxygens (including phenoxy) is 2. The number of aliphatic hydroxyl groups excluding tert-OH is 2. The second kappa shape index (κ2) is 22.0. The fraction of sp³-hybridized carbons (Fsp3) is 0.600. The molecule has 0 bridgehead atoms. The Morgan fingerprint density at radius 2 is 1.72 bits per heavy atom. The van der Waals surface area contributed by atoms with E-state index in [1.165, 1.54) is 19.4 Å². The molecule has 2 aliphatic rings. The molecule has 8 atom stereocenters. The van der Waals surface area contributed by atoms with Gasteiger partial charge in [0.25, 0.3) is 0 Å². The highest BCUT2D eigenvalue weighted by Crippen LogP contribution is 2.61. The van der Waals surface area contributed by atoms with E-state index in [-0.39, 0.29) is 41.6 Å². The van der Waals surface area contributed by atoms with Gasteiger partial charge < -0.3 is 55.6 Å². The summed E-state index contributed by atoms with van der Waals surface area (Å²) in [4.78, 5) is 88.9. The Morgan fingerprint density at radius 3 is 2.41 bits per heavy atom. The van der Waals surface area contributed by atoms with Crippen LogP contribution in [0.15, 0.2) is 43.0 Å². The summed E-state index contributed by atoms with van der Waals surface area (Å²) >= 11 is 1.08. The molecule has 25 nitrogen and oxygen atoms in total. The van der Waals surface area contributed by atoms with E-state index in [4.69, 9.17) is 24.3 Å². The number of phosphoric acid groups is 3. The van der Waals surface area contributed by atoms with Gasteiger partial charge in [0.05, 0.1) is 26.1 Å². The molecule has 29 heteroatoms. The smallest absolute Gasteiger partial charge is 0.386 e. The predicted molar refractivity (Wildman–Crippen MR) is 224 cm³/mol. The number of carbonyl (C=O) groups is 3. The SMILES string of the molecule is CC(C)(COP(=O)(O)OP(=O)(O)OC[C@H]1O[C@@H](n2cnc3c(N)ncnc32)[C@H](O)[C@@H]1OP(=O)(O)O)[C@H](O)C(=O)NCCC(=O)NCCSC(=O)C1(CCCCCc2ccccc2)CO1. The molecule has 4 heterocycles. The van der Waals surface area contributed by atoms with Gasteiger partial charge in [-0.25, -0.2) is 28.6 Å². The minimum atomic E-state index is -5.58. The zero-order chi connectivity index (χ0) is 46.9.